The summed E-state index contributed by atoms with van der Waals surface area (Å²) in [5.41, 5.74) is 1.42. The van der Waals surface area contributed by atoms with E-state index in [0.29, 0.717) is 5.52 Å². The largest absolute Gasteiger partial charge is 0.323 e. The van der Waals surface area contributed by atoms with E-state index in [0.717, 1.165) is 17.1 Å². The highest BCUT2D eigenvalue weighted by atomic mass is 35.5. The molecule has 0 fully saturated rings. The molecule has 1 aromatic carbocycles. The number of alkyl halides is 1. The number of aromatic nitrogens is 2. The Morgan fingerprint density at radius 1 is 1.42 bits per heavy atom. The molecule has 0 saturated heterocycles. The molecule has 1 heterocycles. The number of halogens is 3. The normalized spacial score (nSPS) is 14.8. The lowest BCUT2D eigenvalue weighted by Crippen LogP contribution is -2.12. The Hall–Kier alpha value is -0.450. The van der Waals surface area contributed by atoms with Gasteiger partial charge in [0.2, 0.25) is 0 Å². The number of hydrogen-bond acceptors (Lipinski definition) is 2. The zero-order chi connectivity index (χ0) is 14.2. The lowest BCUT2D eigenvalue weighted by atomic mass is 10.2. The summed E-state index contributed by atoms with van der Waals surface area (Å²) in [6, 6.07) is 3.21. The van der Waals surface area contributed by atoms with Gasteiger partial charge in [-0.1, -0.05) is 11.6 Å². The Labute approximate surface area is 126 Å². The molecule has 0 spiro atoms. The Morgan fingerprint density at radius 3 is 2.68 bits per heavy atom. The molecule has 0 N–H and O–H groups in total. The Kier molecular flexibility index (Phi) is 4.64. The van der Waals surface area contributed by atoms with Gasteiger partial charge in [-0.25, -0.2) is 9.37 Å². The Balaban J connectivity index is 2.69. The van der Waals surface area contributed by atoms with E-state index >= 15 is 0 Å². The topological polar surface area (TPSA) is 17.8 Å². The number of nitrogens with zero attached hydrogens (tertiary/aromatic N) is 2. The predicted molar refractivity (Wildman–Crippen MR) is 82.1 cm³/mol. The SMILES string of the molecule is CSCC(C)n1c(C(C)Cl)nc2cc(F)c(Cl)cc21. The summed E-state index contributed by atoms with van der Waals surface area (Å²) in [6.07, 6.45) is 2.05. The fourth-order valence-corrected chi connectivity index (χ4v) is 3.11. The molecule has 2 aromatic rings. The fourth-order valence-electron chi connectivity index (χ4n) is 2.17. The number of benzene rings is 1. The molecular weight excluding hydrogens is 306 g/mol. The van der Waals surface area contributed by atoms with E-state index in [2.05, 4.69) is 16.5 Å². The second kappa shape index (κ2) is 5.90. The Morgan fingerprint density at radius 2 is 2.11 bits per heavy atom. The summed E-state index contributed by atoms with van der Waals surface area (Å²) in [6.45, 7) is 3.96. The second-order valence-corrected chi connectivity index (χ2v) is 6.49. The first-order valence-electron chi connectivity index (χ1n) is 5.95. The molecular formula is C13H15Cl2FN2S. The molecule has 1 aromatic heterocycles. The summed E-state index contributed by atoms with van der Waals surface area (Å²) in [5, 5.41) is -0.127. The number of rotatable bonds is 4. The highest BCUT2D eigenvalue weighted by Gasteiger charge is 2.20. The third kappa shape index (κ3) is 2.86. The molecule has 0 aliphatic heterocycles. The van der Waals surface area contributed by atoms with Crippen LogP contribution in [0.5, 0.6) is 0 Å². The molecule has 2 atom stereocenters. The van der Waals surface area contributed by atoms with Crippen LogP contribution < -0.4 is 0 Å². The minimum Gasteiger partial charge on any atom is -0.323 e. The van der Waals surface area contributed by atoms with Crippen LogP contribution in [0.1, 0.15) is 31.1 Å². The van der Waals surface area contributed by atoms with Gasteiger partial charge in [-0.15, -0.1) is 11.6 Å². The van der Waals surface area contributed by atoms with Gasteiger partial charge in [0.1, 0.15) is 11.6 Å². The van der Waals surface area contributed by atoms with Crippen LogP contribution in [0.2, 0.25) is 5.02 Å². The van der Waals surface area contributed by atoms with Gasteiger partial charge < -0.3 is 4.57 Å². The van der Waals surface area contributed by atoms with Crippen molar-refractivity contribution in [2.75, 3.05) is 12.0 Å². The zero-order valence-corrected chi connectivity index (χ0v) is 13.3. The maximum atomic E-state index is 13.5. The van der Waals surface area contributed by atoms with Crippen LogP contribution in [-0.2, 0) is 0 Å². The van der Waals surface area contributed by atoms with Crippen molar-refractivity contribution in [3.63, 3.8) is 0 Å². The molecule has 0 amide bonds. The minimum absolute atomic E-state index is 0.110. The highest BCUT2D eigenvalue weighted by Crippen LogP contribution is 2.31. The van der Waals surface area contributed by atoms with E-state index in [1.54, 1.807) is 17.8 Å². The summed E-state index contributed by atoms with van der Waals surface area (Å²) < 4.78 is 15.6. The quantitative estimate of drug-likeness (QED) is 0.733. The van der Waals surface area contributed by atoms with E-state index in [4.69, 9.17) is 23.2 Å². The lowest BCUT2D eigenvalue weighted by molar-refractivity contribution is 0.592. The van der Waals surface area contributed by atoms with Gasteiger partial charge in [-0.3, -0.25) is 0 Å². The van der Waals surface area contributed by atoms with Crippen LogP contribution in [0.3, 0.4) is 0 Å². The molecule has 2 nitrogen and oxygen atoms in total. The number of imidazole rings is 1. The van der Waals surface area contributed by atoms with Crippen molar-refractivity contribution < 1.29 is 4.39 Å². The molecule has 2 unspecified atom stereocenters. The van der Waals surface area contributed by atoms with Crippen molar-refractivity contribution in [3.8, 4) is 0 Å². The first kappa shape index (κ1) is 14.9. The molecule has 6 heteroatoms. The highest BCUT2D eigenvalue weighted by molar-refractivity contribution is 7.98. The molecule has 0 bridgehead atoms. The van der Waals surface area contributed by atoms with E-state index in [-0.39, 0.29) is 16.4 Å². The Bertz CT molecular complexity index is 598. The van der Waals surface area contributed by atoms with Crippen molar-refractivity contribution >= 4 is 46.0 Å². The van der Waals surface area contributed by atoms with Gasteiger partial charge in [0.15, 0.2) is 0 Å². The van der Waals surface area contributed by atoms with Crippen molar-refractivity contribution in [2.24, 2.45) is 0 Å². The predicted octanol–water partition coefficient (Wildman–Crippen LogP) is 5.05. The lowest BCUT2D eigenvalue weighted by Gasteiger charge is -2.17. The van der Waals surface area contributed by atoms with E-state index in [1.807, 2.05) is 13.2 Å². The van der Waals surface area contributed by atoms with Gasteiger partial charge in [0.05, 0.1) is 21.4 Å². The van der Waals surface area contributed by atoms with Crippen molar-refractivity contribution in [1.29, 1.82) is 0 Å². The average Bonchev–Trinajstić information content (AvgIpc) is 2.69. The van der Waals surface area contributed by atoms with Gasteiger partial charge in [-0.2, -0.15) is 11.8 Å². The first-order chi connectivity index (χ1) is 8.95. The van der Waals surface area contributed by atoms with Crippen molar-refractivity contribution in [1.82, 2.24) is 9.55 Å². The molecule has 0 saturated carbocycles. The number of fused-ring (bicyclic) bond motifs is 1. The van der Waals surface area contributed by atoms with E-state index in [1.165, 1.54) is 6.07 Å². The molecule has 2 rings (SSSR count). The number of thioether (sulfide) groups is 1. The minimum atomic E-state index is -0.454. The summed E-state index contributed by atoms with van der Waals surface area (Å²) >= 11 is 13.8. The summed E-state index contributed by atoms with van der Waals surface area (Å²) in [7, 11) is 0. The maximum absolute atomic E-state index is 13.5. The summed E-state index contributed by atoms with van der Waals surface area (Å²) in [5.74, 6) is 1.22. The summed E-state index contributed by atoms with van der Waals surface area (Å²) in [4.78, 5) is 4.44. The smallest absolute Gasteiger partial charge is 0.144 e. The van der Waals surface area contributed by atoms with Crippen LogP contribution in [0.4, 0.5) is 4.39 Å². The molecule has 0 radical (unpaired) electrons. The van der Waals surface area contributed by atoms with Crippen LogP contribution in [0, 0.1) is 5.82 Å². The second-order valence-electron chi connectivity index (χ2n) is 4.52. The fraction of sp³-hybridized carbons (Fsp3) is 0.462. The zero-order valence-electron chi connectivity index (χ0n) is 11.0. The molecule has 104 valence electrons. The molecule has 0 aliphatic rings. The molecule has 0 aliphatic carbocycles. The van der Waals surface area contributed by atoms with Crippen LogP contribution in [0.25, 0.3) is 11.0 Å². The van der Waals surface area contributed by atoms with E-state index < -0.39 is 5.82 Å². The first-order valence-corrected chi connectivity index (χ1v) is 8.16. The maximum Gasteiger partial charge on any atom is 0.144 e. The van der Waals surface area contributed by atoms with Gasteiger partial charge in [0, 0.05) is 17.9 Å². The van der Waals surface area contributed by atoms with Crippen molar-refractivity contribution in [3.05, 3.63) is 28.8 Å². The molecule has 19 heavy (non-hydrogen) atoms. The van der Waals surface area contributed by atoms with E-state index in [9.17, 15) is 4.39 Å². The van der Waals surface area contributed by atoms with Crippen LogP contribution in [0.15, 0.2) is 12.1 Å². The monoisotopic (exact) mass is 320 g/mol. The van der Waals surface area contributed by atoms with Gasteiger partial charge in [0.25, 0.3) is 0 Å². The number of hydrogen-bond donors (Lipinski definition) is 0. The van der Waals surface area contributed by atoms with Gasteiger partial charge >= 0.3 is 0 Å². The standard InChI is InChI=1S/C13H15Cl2FN2S/c1-7(6-19-3)18-12-4-9(15)10(16)5-11(12)17-13(18)8(2)14/h4-5,7-8H,6H2,1-3H3. The third-order valence-corrected chi connectivity index (χ3v) is 4.26. The van der Waals surface area contributed by atoms with Crippen LogP contribution in [-0.4, -0.2) is 21.6 Å². The van der Waals surface area contributed by atoms with Gasteiger partial charge in [-0.05, 0) is 26.2 Å². The average molecular weight is 321 g/mol. The third-order valence-electron chi connectivity index (χ3n) is 2.96. The van der Waals surface area contributed by atoms with Crippen molar-refractivity contribution in [2.45, 2.75) is 25.3 Å². The van der Waals surface area contributed by atoms with Crippen LogP contribution >= 0.6 is 35.0 Å².